The predicted octanol–water partition coefficient (Wildman–Crippen LogP) is 2.91. The van der Waals surface area contributed by atoms with Crippen molar-refractivity contribution in [3.05, 3.63) is 41.7 Å². The van der Waals surface area contributed by atoms with E-state index in [4.69, 9.17) is 0 Å². The van der Waals surface area contributed by atoms with E-state index in [-0.39, 0.29) is 11.7 Å². The lowest BCUT2D eigenvalue weighted by Crippen LogP contribution is -2.11. The molecule has 2 heterocycles. The quantitative estimate of drug-likeness (QED) is 0.692. The van der Waals surface area contributed by atoms with E-state index in [0.29, 0.717) is 17.4 Å². The summed E-state index contributed by atoms with van der Waals surface area (Å²) in [7, 11) is -0.860. The Morgan fingerprint density at radius 3 is 2.72 bits per heavy atom. The standard InChI is InChI=1S/C18H25N3O2S2/c1-14(8-9-15-6-4-3-5-7-15)24-18-20-19-17(21(18)2)12-16-10-11-25(22,23)13-16/h3-7,14,16H,8-13H2,1-2H3/t14-,16+/m1/s1. The summed E-state index contributed by atoms with van der Waals surface area (Å²) in [6.45, 7) is 2.21. The van der Waals surface area contributed by atoms with Gasteiger partial charge in [0.15, 0.2) is 15.0 Å². The van der Waals surface area contributed by atoms with Gasteiger partial charge >= 0.3 is 0 Å². The Labute approximate surface area is 154 Å². The number of hydrogen-bond acceptors (Lipinski definition) is 5. The van der Waals surface area contributed by atoms with Crippen molar-refractivity contribution < 1.29 is 8.42 Å². The van der Waals surface area contributed by atoms with E-state index in [1.807, 2.05) is 17.7 Å². The molecule has 7 heteroatoms. The third-order valence-electron chi connectivity index (χ3n) is 4.71. The van der Waals surface area contributed by atoms with Crippen LogP contribution in [0, 0.1) is 5.92 Å². The van der Waals surface area contributed by atoms with Gasteiger partial charge < -0.3 is 4.57 Å². The zero-order chi connectivity index (χ0) is 17.9. The second-order valence-corrected chi connectivity index (χ2v) is 10.5. The Kier molecular flexibility index (Phi) is 5.84. The topological polar surface area (TPSA) is 64.8 Å². The average Bonchev–Trinajstić information content (AvgIpc) is 3.10. The van der Waals surface area contributed by atoms with Gasteiger partial charge in [0.25, 0.3) is 0 Å². The van der Waals surface area contributed by atoms with Crippen LogP contribution in [-0.4, -0.2) is 39.9 Å². The minimum absolute atomic E-state index is 0.182. The first-order valence-corrected chi connectivity index (χ1v) is 11.4. The van der Waals surface area contributed by atoms with Crippen LogP contribution in [0.15, 0.2) is 35.5 Å². The van der Waals surface area contributed by atoms with Gasteiger partial charge in [-0.2, -0.15) is 0 Å². The smallest absolute Gasteiger partial charge is 0.191 e. The highest BCUT2D eigenvalue weighted by molar-refractivity contribution is 7.99. The van der Waals surface area contributed by atoms with Crippen LogP contribution >= 0.6 is 11.8 Å². The largest absolute Gasteiger partial charge is 0.309 e. The molecule has 0 bridgehead atoms. The van der Waals surface area contributed by atoms with Crippen molar-refractivity contribution in [2.75, 3.05) is 11.5 Å². The minimum atomic E-state index is -2.84. The molecule has 2 atom stereocenters. The van der Waals surface area contributed by atoms with E-state index in [9.17, 15) is 8.42 Å². The van der Waals surface area contributed by atoms with Crippen molar-refractivity contribution in [2.45, 2.75) is 43.0 Å². The van der Waals surface area contributed by atoms with E-state index in [1.165, 1.54) is 5.56 Å². The molecule has 3 rings (SSSR count). The molecular formula is C18H25N3O2S2. The van der Waals surface area contributed by atoms with Crippen molar-refractivity contribution in [2.24, 2.45) is 13.0 Å². The SMILES string of the molecule is C[C@H](CCc1ccccc1)Sc1nnc(C[C@@H]2CCS(=O)(=O)C2)n1C. The van der Waals surface area contributed by atoms with Gasteiger partial charge in [-0.1, -0.05) is 49.0 Å². The van der Waals surface area contributed by atoms with Gasteiger partial charge in [0.05, 0.1) is 11.5 Å². The van der Waals surface area contributed by atoms with Gasteiger partial charge in [-0.25, -0.2) is 8.42 Å². The molecule has 0 radical (unpaired) electrons. The Morgan fingerprint density at radius 1 is 1.28 bits per heavy atom. The molecular weight excluding hydrogens is 354 g/mol. The Morgan fingerprint density at radius 2 is 2.04 bits per heavy atom. The molecule has 1 saturated heterocycles. The van der Waals surface area contributed by atoms with E-state index in [0.717, 1.165) is 30.2 Å². The summed E-state index contributed by atoms with van der Waals surface area (Å²) in [6, 6.07) is 10.5. The Bertz CT molecular complexity index is 803. The van der Waals surface area contributed by atoms with Crippen LogP contribution in [-0.2, 0) is 29.7 Å². The molecule has 1 aromatic heterocycles. The maximum Gasteiger partial charge on any atom is 0.191 e. The first kappa shape index (κ1) is 18.5. The lowest BCUT2D eigenvalue weighted by atomic mass is 10.1. The molecule has 0 spiro atoms. The maximum atomic E-state index is 11.6. The van der Waals surface area contributed by atoms with E-state index >= 15 is 0 Å². The lowest BCUT2D eigenvalue weighted by Gasteiger charge is -2.11. The number of hydrogen-bond donors (Lipinski definition) is 0. The van der Waals surface area contributed by atoms with Crippen LogP contribution in [0.2, 0.25) is 0 Å². The van der Waals surface area contributed by atoms with Crippen LogP contribution in [0.3, 0.4) is 0 Å². The lowest BCUT2D eigenvalue weighted by molar-refractivity contribution is 0.552. The number of benzene rings is 1. The third-order valence-corrected chi connectivity index (χ3v) is 7.75. The van der Waals surface area contributed by atoms with Crippen LogP contribution < -0.4 is 0 Å². The molecule has 0 unspecified atom stereocenters. The number of aromatic nitrogens is 3. The predicted molar refractivity (Wildman–Crippen MR) is 102 cm³/mol. The van der Waals surface area contributed by atoms with Crippen LogP contribution in [0.4, 0.5) is 0 Å². The molecule has 0 N–H and O–H groups in total. The summed E-state index contributed by atoms with van der Waals surface area (Å²) in [5.41, 5.74) is 1.36. The van der Waals surface area contributed by atoms with Gasteiger partial charge in [-0.05, 0) is 30.7 Å². The molecule has 0 amide bonds. The highest BCUT2D eigenvalue weighted by atomic mass is 32.2. The van der Waals surface area contributed by atoms with Crippen LogP contribution in [0.25, 0.3) is 0 Å². The minimum Gasteiger partial charge on any atom is -0.309 e. The summed E-state index contributed by atoms with van der Waals surface area (Å²) < 4.78 is 25.2. The van der Waals surface area contributed by atoms with Crippen molar-refractivity contribution in [1.82, 2.24) is 14.8 Å². The highest BCUT2D eigenvalue weighted by Gasteiger charge is 2.29. The molecule has 1 fully saturated rings. The van der Waals surface area contributed by atoms with E-state index in [2.05, 4.69) is 41.4 Å². The molecule has 0 aliphatic carbocycles. The fourth-order valence-corrected chi connectivity index (χ4v) is 5.98. The van der Waals surface area contributed by atoms with Gasteiger partial charge in [0.2, 0.25) is 0 Å². The number of sulfone groups is 1. The molecule has 1 aliphatic rings. The zero-order valence-corrected chi connectivity index (χ0v) is 16.4. The fraction of sp³-hybridized carbons (Fsp3) is 0.556. The summed E-state index contributed by atoms with van der Waals surface area (Å²) >= 11 is 1.74. The fourth-order valence-electron chi connectivity index (χ4n) is 3.17. The summed E-state index contributed by atoms with van der Waals surface area (Å²) in [6.07, 6.45) is 3.57. The molecule has 25 heavy (non-hydrogen) atoms. The molecule has 0 saturated carbocycles. The van der Waals surface area contributed by atoms with Crippen molar-refractivity contribution in [3.8, 4) is 0 Å². The van der Waals surface area contributed by atoms with Gasteiger partial charge in [-0.15, -0.1) is 10.2 Å². The van der Waals surface area contributed by atoms with Crippen molar-refractivity contribution in [1.29, 1.82) is 0 Å². The summed E-state index contributed by atoms with van der Waals surface area (Å²) in [4.78, 5) is 0. The third kappa shape index (κ3) is 5.07. The average molecular weight is 380 g/mol. The second-order valence-electron chi connectivity index (χ2n) is 6.88. The van der Waals surface area contributed by atoms with E-state index in [1.54, 1.807) is 11.8 Å². The highest BCUT2D eigenvalue weighted by Crippen LogP contribution is 2.27. The molecule has 1 aliphatic heterocycles. The van der Waals surface area contributed by atoms with Crippen molar-refractivity contribution >= 4 is 21.6 Å². The number of rotatable bonds is 7. The first-order chi connectivity index (χ1) is 11.9. The monoisotopic (exact) mass is 379 g/mol. The molecule has 5 nitrogen and oxygen atoms in total. The Hall–Kier alpha value is -1.34. The normalized spacial score (nSPS) is 20.6. The second kappa shape index (κ2) is 7.91. The molecule has 2 aromatic rings. The first-order valence-electron chi connectivity index (χ1n) is 8.72. The summed E-state index contributed by atoms with van der Waals surface area (Å²) in [5.74, 6) is 1.67. The van der Waals surface area contributed by atoms with Crippen LogP contribution in [0.1, 0.15) is 31.2 Å². The molecule has 1 aromatic carbocycles. The summed E-state index contributed by atoms with van der Waals surface area (Å²) in [5, 5.41) is 9.97. The van der Waals surface area contributed by atoms with E-state index < -0.39 is 9.84 Å². The van der Waals surface area contributed by atoms with Crippen LogP contribution in [0.5, 0.6) is 0 Å². The van der Waals surface area contributed by atoms with Gasteiger partial charge in [-0.3, -0.25) is 0 Å². The Balaban J connectivity index is 1.54. The number of nitrogens with zero attached hydrogens (tertiary/aromatic N) is 3. The maximum absolute atomic E-state index is 11.6. The number of thioether (sulfide) groups is 1. The van der Waals surface area contributed by atoms with Gasteiger partial charge in [0, 0.05) is 18.7 Å². The zero-order valence-electron chi connectivity index (χ0n) is 14.8. The molecule has 136 valence electrons. The van der Waals surface area contributed by atoms with Gasteiger partial charge in [0.1, 0.15) is 5.82 Å². The number of aryl methyl sites for hydroxylation is 1. The van der Waals surface area contributed by atoms with Crippen molar-refractivity contribution in [3.63, 3.8) is 0 Å².